The zero-order valence-corrected chi connectivity index (χ0v) is 10.5. The molecule has 5 nitrogen and oxygen atoms in total. The highest BCUT2D eigenvalue weighted by atomic mass is 16.3. The minimum atomic E-state index is 0.0516. The average molecular weight is 254 g/mol. The lowest BCUT2D eigenvalue weighted by Crippen LogP contribution is -1.99. The molecule has 5 heteroatoms. The van der Waals surface area contributed by atoms with Gasteiger partial charge in [0.25, 0.3) is 0 Å². The molecule has 1 aromatic carbocycles. The molecule has 0 bridgehead atoms. The fraction of sp³-hybridized carbons (Fsp3) is 0.143. The molecule has 0 fully saturated rings. The fourth-order valence-electron chi connectivity index (χ4n) is 2.02. The lowest BCUT2D eigenvalue weighted by Gasteiger charge is -2.07. The summed E-state index contributed by atoms with van der Waals surface area (Å²) in [6, 6.07) is 7.70. The van der Waals surface area contributed by atoms with Crippen LogP contribution in [0.4, 0.5) is 5.82 Å². The highest BCUT2D eigenvalue weighted by Gasteiger charge is 2.07. The summed E-state index contributed by atoms with van der Waals surface area (Å²) in [5.74, 6) is 0.744. The van der Waals surface area contributed by atoms with Crippen LogP contribution in [-0.2, 0) is 6.61 Å². The quantitative estimate of drug-likeness (QED) is 0.749. The van der Waals surface area contributed by atoms with E-state index in [1.165, 1.54) is 0 Å². The van der Waals surface area contributed by atoms with Crippen molar-refractivity contribution >= 4 is 11.5 Å². The summed E-state index contributed by atoms with van der Waals surface area (Å²) in [6.07, 6.45) is 5.58. The molecule has 2 aromatic heterocycles. The largest absolute Gasteiger partial charge is 0.392 e. The molecule has 0 saturated carbocycles. The molecule has 19 heavy (non-hydrogen) atoms. The predicted octanol–water partition coefficient (Wildman–Crippen LogP) is 1.93. The van der Waals surface area contributed by atoms with E-state index in [1.54, 1.807) is 6.20 Å². The maximum atomic E-state index is 9.06. The zero-order valence-electron chi connectivity index (χ0n) is 10.5. The van der Waals surface area contributed by atoms with Crippen molar-refractivity contribution in [2.45, 2.75) is 6.61 Å². The standard InChI is InChI=1S/C14H14N4O/c1-15-13-14-16-6-7-18(14)8-12(17-13)11-4-2-10(9-19)3-5-11/h2-8,19H,9H2,1H3,(H,15,17). The molecule has 3 rings (SSSR count). The van der Waals surface area contributed by atoms with E-state index in [4.69, 9.17) is 5.11 Å². The molecule has 0 aliphatic rings. The molecule has 0 saturated heterocycles. The highest BCUT2D eigenvalue weighted by Crippen LogP contribution is 2.22. The summed E-state index contributed by atoms with van der Waals surface area (Å²) < 4.78 is 1.94. The molecule has 3 aromatic rings. The Balaban J connectivity index is 2.12. The predicted molar refractivity (Wildman–Crippen MR) is 73.9 cm³/mol. The van der Waals surface area contributed by atoms with Gasteiger partial charge in [0.1, 0.15) is 0 Å². The normalized spacial score (nSPS) is 10.8. The van der Waals surface area contributed by atoms with Crippen molar-refractivity contribution in [2.24, 2.45) is 0 Å². The minimum Gasteiger partial charge on any atom is -0.392 e. The smallest absolute Gasteiger partial charge is 0.180 e. The van der Waals surface area contributed by atoms with Crippen molar-refractivity contribution in [3.63, 3.8) is 0 Å². The Labute approximate surface area is 110 Å². The number of imidazole rings is 1. The van der Waals surface area contributed by atoms with Crippen LogP contribution in [0.5, 0.6) is 0 Å². The van der Waals surface area contributed by atoms with Crippen molar-refractivity contribution < 1.29 is 5.11 Å². The average Bonchev–Trinajstić information content (AvgIpc) is 2.94. The highest BCUT2D eigenvalue weighted by molar-refractivity contribution is 5.69. The van der Waals surface area contributed by atoms with Gasteiger partial charge in [-0.1, -0.05) is 24.3 Å². The van der Waals surface area contributed by atoms with E-state index >= 15 is 0 Å². The first-order valence-corrected chi connectivity index (χ1v) is 6.03. The number of rotatable bonds is 3. The van der Waals surface area contributed by atoms with Crippen LogP contribution in [0.3, 0.4) is 0 Å². The number of aromatic nitrogens is 3. The Kier molecular flexibility index (Phi) is 2.89. The lowest BCUT2D eigenvalue weighted by molar-refractivity contribution is 0.282. The number of benzene rings is 1. The lowest BCUT2D eigenvalue weighted by atomic mass is 10.1. The number of anilines is 1. The molecule has 0 unspecified atom stereocenters. The molecule has 2 N–H and O–H groups in total. The van der Waals surface area contributed by atoms with Crippen molar-refractivity contribution in [3.05, 3.63) is 48.4 Å². The molecule has 0 aliphatic carbocycles. The van der Waals surface area contributed by atoms with Gasteiger partial charge < -0.3 is 14.8 Å². The number of hydrogen-bond donors (Lipinski definition) is 2. The Hall–Kier alpha value is -2.40. The second-order valence-electron chi connectivity index (χ2n) is 4.24. The van der Waals surface area contributed by atoms with Crippen molar-refractivity contribution in [3.8, 4) is 11.3 Å². The van der Waals surface area contributed by atoms with Crippen molar-refractivity contribution in [1.29, 1.82) is 0 Å². The maximum Gasteiger partial charge on any atom is 0.180 e. The summed E-state index contributed by atoms with van der Waals surface area (Å²) in [5, 5.41) is 12.1. The van der Waals surface area contributed by atoms with Gasteiger partial charge in [-0.05, 0) is 5.56 Å². The van der Waals surface area contributed by atoms with E-state index in [-0.39, 0.29) is 6.61 Å². The van der Waals surface area contributed by atoms with E-state index < -0.39 is 0 Å². The first-order valence-electron chi connectivity index (χ1n) is 6.03. The van der Waals surface area contributed by atoms with E-state index in [9.17, 15) is 0 Å². The fourth-order valence-corrected chi connectivity index (χ4v) is 2.02. The van der Waals surface area contributed by atoms with Crippen LogP contribution in [0.25, 0.3) is 16.9 Å². The van der Waals surface area contributed by atoms with Crippen molar-refractivity contribution in [2.75, 3.05) is 12.4 Å². The summed E-state index contributed by atoms with van der Waals surface area (Å²) in [6.45, 7) is 0.0516. The molecule has 0 spiro atoms. The van der Waals surface area contributed by atoms with Crippen LogP contribution in [0.2, 0.25) is 0 Å². The third-order valence-electron chi connectivity index (χ3n) is 3.04. The summed E-state index contributed by atoms with van der Waals surface area (Å²) in [4.78, 5) is 8.82. The number of nitrogens with zero attached hydrogens (tertiary/aromatic N) is 3. The number of aliphatic hydroxyl groups excluding tert-OH is 1. The molecule has 2 heterocycles. The number of aliphatic hydroxyl groups is 1. The zero-order chi connectivity index (χ0) is 13.2. The first kappa shape index (κ1) is 11.7. The SMILES string of the molecule is CNc1nc(-c2ccc(CO)cc2)cn2ccnc12. The van der Waals surface area contributed by atoms with Gasteiger partial charge in [0.05, 0.1) is 12.3 Å². The second-order valence-corrected chi connectivity index (χ2v) is 4.24. The molecule has 0 amide bonds. The van der Waals surface area contributed by atoms with Gasteiger partial charge in [-0.25, -0.2) is 9.97 Å². The molecule has 0 radical (unpaired) electrons. The van der Waals surface area contributed by atoms with Gasteiger partial charge in [0.2, 0.25) is 0 Å². The van der Waals surface area contributed by atoms with Gasteiger partial charge in [0, 0.05) is 31.2 Å². The molecule has 96 valence electrons. The minimum absolute atomic E-state index is 0.0516. The molecular weight excluding hydrogens is 240 g/mol. The molecule has 0 atom stereocenters. The molecular formula is C14H14N4O. The first-order chi connectivity index (χ1) is 9.31. The Morgan fingerprint density at radius 3 is 2.74 bits per heavy atom. The summed E-state index contributed by atoms with van der Waals surface area (Å²) in [5.41, 5.74) is 3.56. The second kappa shape index (κ2) is 4.70. The van der Waals surface area contributed by atoms with Gasteiger partial charge in [0.15, 0.2) is 11.5 Å². The summed E-state index contributed by atoms with van der Waals surface area (Å²) >= 11 is 0. The number of nitrogens with one attached hydrogen (secondary N) is 1. The van der Waals surface area contributed by atoms with Crippen LogP contribution < -0.4 is 5.32 Å². The monoisotopic (exact) mass is 254 g/mol. The van der Waals surface area contributed by atoms with Crippen molar-refractivity contribution in [1.82, 2.24) is 14.4 Å². The van der Waals surface area contributed by atoms with Gasteiger partial charge >= 0.3 is 0 Å². The van der Waals surface area contributed by atoms with E-state index in [1.807, 2.05) is 48.1 Å². The van der Waals surface area contributed by atoms with E-state index in [0.29, 0.717) is 0 Å². The van der Waals surface area contributed by atoms with Crippen LogP contribution in [0.1, 0.15) is 5.56 Å². The van der Waals surface area contributed by atoms with Crippen LogP contribution >= 0.6 is 0 Å². The Morgan fingerprint density at radius 1 is 1.26 bits per heavy atom. The van der Waals surface area contributed by atoms with Crippen LogP contribution in [0.15, 0.2) is 42.9 Å². The number of hydrogen-bond acceptors (Lipinski definition) is 4. The van der Waals surface area contributed by atoms with E-state index in [0.717, 1.165) is 28.3 Å². The van der Waals surface area contributed by atoms with Gasteiger partial charge in [-0.2, -0.15) is 0 Å². The third kappa shape index (κ3) is 2.04. The third-order valence-corrected chi connectivity index (χ3v) is 3.04. The molecule has 0 aliphatic heterocycles. The van der Waals surface area contributed by atoms with Gasteiger partial charge in [-0.3, -0.25) is 0 Å². The number of fused-ring (bicyclic) bond motifs is 1. The van der Waals surface area contributed by atoms with E-state index in [2.05, 4.69) is 15.3 Å². The van der Waals surface area contributed by atoms with Crippen LogP contribution in [-0.4, -0.2) is 26.5 Å². The van der Waals surface area contributed by atoms with Gasteiger partial charge in [-0.15, -0.1) is 0 Å². The van der Waals surface area contributed by atoms with Crippen LogP contribution in [0, 0.1) is 0 Å². The topological polar surface area (TPSA) is 62.5 Å². The maximum absolute atomic E-state index is 9.06. The Morgan fingerprint density at radius 2 is 2.05 bits per heavy atom. The summed E-state index contributed by atoms with van der Waals surface area (Å²) in [7, 11) is 1.83. The Bertz CT molecular complexity index is 703.